The summed E-state index contributed by atoms with van der Waals surface area (Å²) in [6.45, 7) is 7.68. The van der Waals surface area contributed by atoms with E-state index in [2.05, 4.69) is 32.2 Å². The minimum Gasteiger partial charge on any atom is -0.485 e. The van der Waals surface area contributed by atoms with Gasteiger partial charge in [0.15, 0.2) is 0 Å². The molecule has 0 unspecified atom stereocenters. The zero-order valence-electron chi connectivity index (χ0n) is 12.5. The van der Waals surface area contributed by atoms with Gasteiger partial charge in [-0.25, -0.2) is 0 Å². The first-order chi connectivity index (χ1) is 9.70. The van der Waals surface area contributed by atoms with E-state index in [1.54, 1.807) is 6.26 Å². The summed E-state index contributed by atoms with van der Waals surface area (Å²) in [6.07, 6.45) is 2.69. The summed E-state index contributed by atoms with van der Waals surface area (Å²) < 4.78 is 11.4. The first kappa shape index (κ1) is 14.7. The first-order valence-corrected chi connectivity index (χ1v) is 7.20. The largest absolute Gasteiger partial charge is 0.485 e. The molecule has 0 atom stereocenters. The van der Waals surface area contributed by atoms with E-state index in [-0.39, 0.29) is 0 Å². The van der Waals surface area contributed by atoms with Gasteiger partial charge in [0.2, 0.25) is 0 Å². The lowest BCUT2D eigenvalue weighted by Gasteiger charge is -2.11. The van der Waals surface area contributed by atoms with Crippen LogP contribution < -0.4 is 10.1 Å². The molecular formula is C17H23NO2. The van der Waals surface area contributed by atoms with Crippen LogP contribution in [0.4, 0.5) is 0 Å². The number of ether oxygens (including phenoxy) is 1. The second-order valence-corrected chi connectivity index (χ2v) is 5.15. The predicted octanol–water partition coefficient (Wildman–Crippen LogP) is 3.92. The molecule has 20 heavy (non-hydrogen) atoms. The molecule has 1 N–H and O–H groups in total. The molecule has 1 heterocycles. The molecule has 0 bridgehead atoms. The third-order valence-electron chi connectivity index (χ3n) is 3.25. The smallest absolute Gasteiger partial charge is 0.146 e. The van der Waals surface area contributed by atoms with Crippen molar-refractivity contribution >= 4 is 0 Å². The molecule has 0 aliphatic heterocycles. The number of rotatable bonds is 7. The second-order valence-electron chi connectivity index (χ2n) is 5.15. The number of furan rings is 1. The van der Waals surface area contributed by atoms with Gasteiger partial charge < -0.3 is 14.5 Å². The number of hydrogen-bond acceptors (Lipinski definition) is 3. The average molecular weight is 273 g/mol. The van der Waals surface area contributed by atoms with Crippen molar-refractivity contribution in [1.82, 2.24) is 5.32 Å². The van der Waals surface area contributed by atoms with Crippen LogP contribution in [0, 0.1) is 0 Å². The molecular weight excluding hydrogens is 250 g/mol. The Morgan fingerprint density at radius 1 is 1.15 bits per heavy atom. The second kappa shape index (κ2) is 7.15. The van der Waals surface area contributed by atoms with E-state index < -0.39 is 0 Å². The number of para-hydroxylation sites is 1. The number of hydrogen-bond donors (Lipinski definition) is 1. The number of nitrogens with one attached hydrogen (secondary N) is 1. The Morgan fingerprint density at radius 2 is 1.95 bits per heavy atom. The number of benzene rings is 1. The third kappa shape index (κ3) is 3.87. The average Bonchev–Trinajstić information content (AvgIpc) is 2.90. The summed E-state index contributed by atoms with van der Waals surface area (Å²) in [5.41, 5.74) is 2.38. The third-order valence-corrected chi connectivity index (χ3v) is 3.25. The zero-order chi connectivity index (χ0) is 14.4. The van der Waals surface area contributed by atoms with Crippen molar-refractivity contribution in [3.63, 3.8) is 0 Å². The Balaban J connectivity index is 1.99. The lowest BCUT2D eigenvalue weighted by atomic mass is 10.1. The van der Waals surface area contributed by atoms with E-state index in [0.29, 0.717) is 12.6 Å². The van der Waals surface area contributed by atoms with Crippen molar-refractivity contribution in [3.05, 3.63) is 53.5 Å². The number of aryl methyl sites for hydroxylation is 1. The van der Waals surface area contributed by atoms with Gasteiger partial charge in [-0.2, -0.15) is 0 Å². The van der Waals surface area contributed by atoms with Crippen LogP contribution >= 0.6 is 0 Å². The van der Waals surface area contributed by atoms with Crippen LogP contribution in [0.2, 0.25) is 0 Å². The highest BCUT2D eigenvalue weighted by atomic mass is 16.5. The maximum absolute atomic E-state index is 5.90. The molecule has 2 aromatic rings. The first-order valence-electron chi connectivity index (χ1n) is 7.20. The van der Waals surface area contributed by atoms with Crippen LogP contribution in [0.1, 0.15) is 37.7 Å². The highest BCUT2D eigenvalue weighted by Gasteiger charge is 2.09. The summed E-state index contributed by atoms with van der Waals surface area (Å²) in [6, 6.07) is 10.6. The summed E-state index contributed by atoms with van der Waals surface area (Å²) in [7, 11) is 0. The van der Waals surface area contributed by atoms with Gasteiger partial charge in [0.1, 0.15) is 18.1 Å². The molecule has 1 aromatic heterocycles. The standard InChI is InChI=1S/C17H23NO2/c1-4-14-7-5-6-8-16(14)20-12-17-15(9-10-19-17)11-18-13(2)3/h5-10,13,18H,4,11-12H2,1-3H3. The summed E-state index contributed by atoms with van der Waals surface area (Å²) in [5.74, 6) is 1.83. The highest BCUT2D eigenvalue weighted by Crippen LogP contribution is 2.21. The Kier molecular flexibility index (Phi) is 5.24. The van der Waals surface area contributed by atoms with Crippen LogP contribution in [-0.4, -0.2) is 6.04 Å². The molecule has 0 amide bonds. The predicted molar refractivity (Wildman–Crippen MR) is 80.8 cm³/mol. The minimum absolute atomic E-state index is 0.458. The Morgan fingerprint density at radius 3 is 2.70 bits per heavy atom. The van der Waals surface area contributed by atoms with E-state index in [9.17, 15) is 0 Å². The van der Waals surface area contributed by atoms with Crippen LogP contribution in [0.25, 0.3) is 0 Å². The van der Waals surface area contributed by atoms with Gasteiger partial charge >= 0.3 is 0 Å². The molecule has 3 nitrogen and oxygen atoms in total. The molecule has 1 aromatic carbocycles. The van der Waals surface area contributed by atoms with Crippen LogP contribution in [-0.2, 0) is 19.6 Å². The fourth-order valence-electron chi connectivity index (χ4n) is 2.05. The van der Waals surface area contributed by atoms with E-state index in [1.807, 2.05) is 24.3 Å². The van der Waals surface area contributed by atoms with Crippen molar-refractivity contribution in [2.24, 2.45) is 0 Å². The normalized spacial score (nSPS) is 11.0. The van der Waals surface area contributed by atoms with Gasteiger partial charge in [-0.3, -0.25) is 0 Å². The van der Waals surface area contributed by atoms with Crippen LogP contribution in [0.3, 0.4) is 0 Å². The van der Waals surface area contributed by atoms with Gasteiger partial charge in [0.05, 0.1) is 6.26 Å². The highest BCUT2D eigenvalue weighted by molar-refractivity contribution is 5.33. The van der Waals surface area contributed by atoms with Crippen LogP contribution in [0.5, 0.6) is 5.75 Å². The van der Waals surface area contributed by atoms with Gasteiger partial charge in [-0.15, -0.1) is 0 Å². The topological polar surface area (TPSA) is 34.4 Å². The molecule has 0 aliphatic rings. The maximum Gasteiger partial charge on any atom is 0.146 e. The molecule has 0 fully saturated rings. The molecule has 0 aliphatic carbocycles. The molecule has 3 heteroatoms. The van der Waals surface area contributed by atoms with Gasteiger partial charge in [0.25, 0.3) is 0 Å². The summed E-state index contributed by atoms with van der Waals surface area (Å²) in [5, 5.41) is 3.39. The quantitative estimate of drug-likeness (QED) is 0.830. The van der Waals surface area contributed by atoms with E-state index in [1.165, 1.54) is 5.56 Å². The Bertz CT molecular complexity index is 531. The molecule has 2 rings (SSSR count). The van der Waals surface area contributed by atoms with Crippen LogP contribution in [0.15, 0.2) is 41.0 Å². The summed E-state index contributed by atoms with van der Waals surface area (Å²) >= 11 is 0. The molecule has 0 spiro atoms. The maximum atomic E-state index is 5.90. The fourth-order valence-corrected chi connectivity index (χ4v) is 2.05. The molecule has 108 valence electrons. The fraction of sp³-hybridized carbons (Fsp3) is 0.412. The lowest BCUT2D eigenvalue weighted by Crippen LogP contribution is -2.22. The van der Waals surface area contributed by atoms with Gasteiger partial charge in [0, 0.05) is 18.2 Å². The van der Waals surface area contributed by atoms with Crippen molar-refractivity contribution in [3.8, 4) is 5.75 Å². The van der Waals surface area contributed by atoms with Crippen molar-refractivity contribution < 1.29 is 9.15 Å². The Hall–Kier alpha value is -1.74. The van der Waals surface area contributed by atoms with Crippen molar-refractivity contribution in [2.75, 3.05) is 0 Å². The van der Waals surface area contributed by atoms with E-state index in [4.69, 9.17) is 9.15 Å². The van der Waals surface area contributed by atoms with Gasteiger partial charge in [-0.05, 0) is 24.1 Å². The molecule has 0 saturated carbocycles. The monoisotopic (exact) mass is 273 g/mol. The molecule has 0 saturated heterocycles. The van der Waals surface area contributed by atoms with Gasteiger partial charge in [-0.1, -0.05) is 39.0 Å². The molecule has 0 radical (unpaired) electrons. The zero-order valence-corrected chi connectivity index (χ0v) is 12.5. The van der Waals surface area contributed by atoms with E-state index >= 15 is 0 Å². The lowest BCUT2D eigenvalue weighted by molar-refractivity contribution is 0.265. The summed E-state index contributed by atoms with van der Waals surface area (Å²) in [4.78, 5) is 0. The SMILES string of the molecule is CCc1ccccc1OCc1occc1CNC(C)C. The Labute approximate surface area is 121 Å². The van der Waals surface area contributed by atoms with E-state index in [0.717, 1.165) is 30.0 Å². The van der Waals surface area contributed by atoms with Crippen molar-refractivity contribution in [2.45, 2.75) is 46.4 Å². The van der Waals surface area contributed by atoms with Crippen molar-refractivity contribution in [1.29, 1.82) is 0 Å². The minimum atomic E-state index is 0.458.